The van der Waals surface area contributed by atoms with Crippen molar-refractivity contribution in [1.29, 1.82) is 0 Å². The molecule has 0 amide bonds. The zero-order valence-corrected chi connectivity index (χ0v) is 14.0. The first kappa shape index (κ1) is 18.4. The van der Waals surface area contributed by atoms with E-state index in [1.807, 2.05) is 0 Å². The minimum atomic E-state index is -0.690. The normalized spacial score (nSPS) is 10.6. The molecule has 25 heavy (non-hydrogen) atoms. The molecule has 2 aromatic rings. The van der Waals surface area contributed by atoms with Gasteiger partial charge in [-0.15, -0.1) is 0 Å². The minimum Gasteiger partial charge on any atom is -0.454 e. The third-order valence-electron chi connectivity index (χ3n) is 3.36. The van der Waals surface area contributed by atoms with E-state index in [9.17, 15) is 19.7 Å². The highest BCUT2D eigenvalue weighted by Gasteiger charge is 2.15. The second-order valence-electron chi connectivity index (χ2n) is 5.17. The number of nitro groups is 1. The Morgan fingerprint density at radius 3 is 2.52 bits per heavy atom. The van der Waals surface area contributed by atoms with Gasteiger partial charge in [0, 0.05) is 28.3 Å². The number of carbonyl (C=O) groups excluding carboxylic acids is 2. The SMILES string of the molecule is Cc1ccc(C(=O)COC(=O)/C=C/c2ccc(Cl)cc2)cc1[N+](=O)[O-]. The first-order chi connectivity index (χ1) is 11.9. The zero-order valence-electron chi connectivity index (χ0n) is 13.3. The fourth-order valence-corrected chi connectivity index (χ4v) is 2.11. The molecule has 0 aromatic heterocycles. The van der Waals surface area contributed by atoms with Gasteiger partial charge in [-0.1, -0.05) is 35.9 Å². The van der Waals surface area contributed by atoms with E-state index in [2.05, 4.69) is 0 Å². The number of esters is 1. The molecule has 0 atom stereocenters. The second-order valence-corrected chi connectivity index (χ2v) is 5.61. The van der Waals surface area contributed by atoms with Gasteiger partial charge >= 0.3 is 5.97 Å². The summed E-state index contributed by atoms with van der Waals surface area (Å²) in [7, 11) is 0. The first-order valence-electron chi connectivity index (χ1n) is 7.25. The van der Waals surface area contributed by atoms with Gasteiger partial charge in [0.15, 0.2) is 6.61 Å². The third kappa shape index (κ3) is 5.26. The summed E-state index contributed by atoms with van der Waals surface area (Å²) in [4.78, 5) is 34.0. The number of benzene rings is 2. The number of hydrogen-bond acceptors (Lipinski definition) is 5. The van der Waals surface area contributed by atoms with Crippen LogP contribution in [0.1, 0.15) is 21.5 Å². The van der Waals surface area contributed by atoms with Crippen molar-refractivity contribution in [1.82, 2.24) is 0 Å². The van der Waals surface area contributed by atoms with Crippen LogP contribution in [-0.2, 0) is 9.53 Å². The van der Waals surface area contributed by atoms with E-state index in [-0.39, 0.29) is 11.3 Å². The molecule has 0 saturated carbocycles. The van der Waals surface area contributed by atoms with Crippen LogP contribution in [0.2, 0.25) is 5.02 Å². The van der Waals surface area contributed by atoms with E-state index >= 15 is 0 Å². The molecule has 0 unspecified atom stereocenters. The Morgan fingerprint density at radius 2 is 1.88 bits per heavy atom. The lowest BCUT2D eigenvalue weighted by Gasteiger charge is -2.03. The van der Waals surface area contributed by atoms with Crippen LogP contribution >= 0.6 is 11.6 Å². The molecule has 0 radical (unpaired) electrons. The maximum Gasteiger partial charge on any atom is 0.331 e. The Bertz CT molecular complexity index is 843. The molecule has 2 aromatic carbocycles. The number of nitrogens with zero attached hydrogens (tertiary/aromatic N) is 1. The number of Topliss-reactive ketones (excluding diaryl/α,β-unsaturated/α-hetero) is 1. The van der Waals surface area contributed by atoms with E-state index in [0.717, 1.165) is 5.56 Å². The summed E-state index contributed by atoms with van der Waals surface area (Å²) in [6, 6.07) is 10.9. The monoisotopic (exact) mass is 359 g/mol. The number of carbonyl (C=O) groups is 2. The number of ketones is 1. The van der Waals surface area contributed by atoms with Crippen LogP contribution in [0.25, 0.3) is 6.08 Å². The first-order valence-corrected chi connectivity index (χ1v) is 7.63. The summed E-state index contributed by atoms with van der Waals surface area (Å²) in [5, 5.41) is 11.5. The number of aryl methyl sites for hydroxylation is 1. The van der Waals surface area contributed by atoms with E-state index in [1.54, 1.807) is 31.2 Å². The molecule has 0 aliphatic heterocycles. The van der Waals surface area contributed by atoms with E-state index in [4.69, 9.17) is 16.3 Å². The summed E-state index contributed by atoms with van der Waals surface area (Å²) >= 11 is 5.76. The molecule has 0 aliphatic rings. The van der Waals surface area contributed by atoms with Gasteiger partial charge in [0.25, 0.3) is 5.69 Å². The number of rotatable bonds is 6. The van der Waals surface area contributed by atoms with Crippen LogP contribution in [-0.4, -0.2) is 23.3 Å². The number of ether oxygens (including phenoxy) is 1. The minimum absolute atomic E-state index is 0.117. The molecule has 0 bridgehead atoms. The Morgan fingerprint density at radius 1 is 1.20 bits per heavy atom. The quantitative estimate of drug-likeness (QED) is 0.256. The van der Waals surface area contributed by atoms with E-state index < -0.39 is 23.3 Å². The molecule has 2 rings (SSSR count). The lowest BCUT2D eigenvalue weighted by atomic mass is 10.1. The van der Waals surface area contributed by atoms with Crippen molar-refractivity contribution in [3.05, 3.63) is 80.4 Å². The van der Waals surface area contributed by atoms with Gasteiger partial charge < -0.3 is 4.74 Å². The summed E-state index contributed by atoms with van der Waals surface area (Å²) in [5.74, 6) is -1.21. The maximum atomic E-state index is 12.0. The molecule has 0 fully saturated rings. The predicted molar refractivity (Wildman–Crippen MR) is 93.6 cm³/mol. The molecule has 7 heteroatoms. The Balaban J connectivity index is 1.95. The van der Waals surface area contributed by atoms with Crippen molar-refractivity contribution in [2.24, 2.45) is 0 Å². The summed E-state index contributed by atoms with van der Waals surface area (Å²) in [6.45, 7) is 1.08. The van der Waals surface area contributed by atoms with Crippen LogP contribution < -0.4 is 0 Å². The predicted octanol–water partition coefficient (Wildman–Crippen LogP) is 4.00. The highest BCUT2D eigenvalue weighted by atomic mass is 35.5. The molecule has 0 spiro atoms. The molecule has 6 nitrogen and oxygen atoms in total. The van der Waals surface area contributed by atoms with Crippen LogP contribution in [0, 0.1) is 17.0 Å². The molecule has 128 valence electrons. The molecule has 0 aliphatic carbocycles. The fraction of sp³-hybridized carbons (Fsp3) is 0.111. The molecule has 0 saturated heterocycles. The van der Waals surface area contributed by atoms with Gasteiger partial charge in [-0.2, -0.15) is 0 Å². The van der Waals surface area contributed by atoms with Gasteiger partial charge in [-0.25, -0.2) is 4.79 Å². The topological polar surface area (TPSA) is 86.5 Å². The van der Waals surface area contributed by atoms with Gasteiger partial charge in [-0.3, -0.25) is 14.9 Å². The lowest BCUT2D eigenvalue weighted by Crippen LogP contribution is -2.13. The second kappa shape index (κ2) is 8.21. The van der Waals surface area contributed by atoms with Crippen LogP contribution in [0.4, 0.5) is 5.69 Å². The lowest BCUT2D eigenvalue weighted by molar-refractivity contribution is -0.385. The van der Waals surface area contributed by atoms with Crippen molar-refractivity contribution in [2.45, 2.75) is 6.92 Å². The average molecular weight is 360 g/mol. The van der Waals surface area contributed by atoms with Gasteiger partial charge in [0.05, 0.1) is 4.92 Å². The third-order valence-corrected chi connectivity index (χ3v) is 3.61. The van der Waals surface area contributed by atoms with E-state index in [0.29, 0.717) is 10.6 Å². The number of nitro benzene ring substituents is 1. The largest absolute Gasteiger partial charge is 0.454 e. The Hall–Kier alpha value is -2.99. The van der Waals surface area contributed by atoms with Crippen molar-refractivity contribution in [3.8, 4) is 0 Å². The van der Waals surface area contributed by atoms with Crippen molar-refractivity contribution in [3.63, 3.8) is 0 Å². The summed E-state index contributed by atoms with van der Waals surface area (Å²) < 4.78 is 4.86. The number of halogens is 1. The summed E-state index contributed by atoms with van der Waals surface area (Å²) in [6.07, 6.45) is 2.72. The number of hydrogen-bond donors (Lipinski definition) is 0. The van der Waals surface area contributed by atoms with Crippen molar-refractivity contribution in [2.75, 3.05) is 6.61 Å². The highest BCUT2D eigenvalue weighted by Crippen LogP contribution is 2.19. The van der Waals surface area contributed by atoms with Gasteiger partial charge in [0.2, 0.25) is 5.78 Å². The fourth-order valence-electron chi connectivity index (χ4n) is 1.99. The molecule has 0 heterocycles. The summed E-state index contributed by atoms with van der Waals surface area (Å²) in [5.41, 5.74) is 1.16. The average Bonchev–Trinajstić information content (AvgIpc) is 2.59. The van der Waals surface area contributed by atoms with Crippen LogP contribution in [0.5, 0.6) is 0 Å². The maximum absolute atomic E-state index is 12.0. The van der Waals surface area contributed by atoms with E-state index in [1.165, 1.54) is 30.4 Å². The van der Waals surface area contributed by atoms with Crippen LogP contribution in [0.3, 0.4) is 0 Å². The molecule has 0 N–H and O–H groups in total. The molecular weight excluding hydrogens is 346 g/mol. The smallest absolute Gasteiger partial charge is 0.331 e. The molecular formula is C18H14ClNO5. The van der Waals surface area contributed by atoms with Gasteiger partial charge in [0.1, 0.15) is 0 Å². The highest BCUT2D eigenvalue weighted by molar-refractivity contribution is 6.30. The van der Waals surface area contributed by atoms with Crippen LogP contribution in [0.15, 0.2) is 48.5 Å². The zero-order chi connectivity index (χ0) is 18.4. The van der Waals surface area contributed by atoms with Crippen molar-refractivity contribution < 1.29 is 19.2 Å². The Kier molecular flexibility index (Phi) is 6.03. The van der Waals surface area contributed by atoms with Crippen molar-refractivity contribution >= 4 is 35.1 Å². The van der Waals surface area contributed by atoms with Gasteiger partial charge in [-0.05, 0) is 30.7 Å². The Labute approximate surface area is 148 Å². The standard InChI is InChI=1S/C18H14ClNO5/c1-12-2-6-14(10-16(12)20(23)24)17(21)11-25-18(22)9-5-13-3-7-15(19)8-4-13/h2-10H,11H2,1H3/b9-5+.